The lowest BCUT2D eigenvalue weighted by Crippen LogP contribution is -2.47. The molecule has 5 heteroatoms. The number of likely N-dealkylation sites (tertiary alicyclic amines) is 2. The minimum absolute atomic E-state index is 0.0811. The monoisotopic (exact) mass is 344 g/mol. The Labute approximate surface area is 149 Å². The van der Waals surface area contributed by atoms with Crippen LogP contribution >= 0.6 is 0 Å². The molecule has 0 aromatic heterocycles. The summed E-state index contributed by atoms with van der Waals surface area (Å²) in [5.74, 6) is 0.998. The first-order valence-corrected chi connectivity index (χ1v) is 9.20. The number of ether oxygens (including phenoxy) is 1. The van der Waals surface area contributed by atoms with Crippen LogP contribution in [0.5, 0.6) is 5.75 Å². The highest BCUT2D eigenvalue weighted by atomic mass is 16.5. The molecule has 25 heavy (non-hydrogen) atoms. The van der Waals surface area contributed by atoms with Gasteiger partial charge in [-0.1, -0.05) is 6.07 Å². The summed E-state index contributed by atoms with van der Waals surface area (Å²) in [6, 6.07) is 6.18. The lowest BCUT2D eigenvalue weighted by atomic mass is 9.94. The van der Waals surface area contributed by atoms with E-state index in [4.69, 9.17) is 4.74 Å². The van der Waals surface area contributed by atoms with E-state index in [1.54, 1.807) is 11.9 Å². The molecule has 1 aromatic carbocycles. The molecule has 0 bridgehead atoms. The summed E-state index contributed by atoms with van der Waals surface area (Å²) in [5, 5.41) is 0. The van der Waals surface area contributed by atoms with E-state index in [9.17, 15) is 9.59 Å². The molecule has 0 aliphatic carbocycles. The summed E-state index contributed by atoms with van der Waals surface area (Å²) >= 11 is 0. The molecule has 0 saturated carbocycles. The number of nitrogens with zero attached hydrogens (tertiary/aromatic N) is 2. The van der Waals surface area contributed by atoms with Crippen molar-refractivity contribution in [2.45, 2.75) is 45.6 Å². The van der Waals surface area contributed by atoms with Crippen molar-refractivity contribution in [2.75, 3.05) is 26.7 Å². The van der Waals surface area contributed by atoms with Crippen LogP contribution in [0.25, 0.3) is 0 Å². The van der Waals surface area contributed by atoms with Gasteiger partial charge < -0.3 is 14.5 Å². The average molecular weight is 344 g/mol. The van der Waals surface area contributed by atoms with Crippen molar-refractivity contribution in [3.63, 3.8) is 0 Å². The number of benzene rings is 1. The lowest BCUT2D eigenvalue weighted by molar-refractivity contribution is -0.145. The van der Waals surface area contributed by atoms with Gasteiger partial charge in [0.05, 0.1) is 0 Å². The molecule has 0 radical (unpaired) electrons. The van der Waals surface area contributed by atoms with Gasteiger partial charge in [0.15, 0.2) is 0 Å². The average Bonchev–Trinajstić information content (AvgIpc) is 2.61. The van der Waals surface area contributed by atoms with Gasteiger partial charge in [0.25, 0.3) is 0 Å². The minimum Gasteiger partial charge on any atom is -0.490 e. The van der Waals surface area contributed by atoms with Gasteiger partial charge in [-0.2, -0.15) is 0 Å². The standard InChI is InChI=1S/C20H28N2O3/c1-14-4-5-18(12-15(14)2)25-17-7-10-22(11-8-17)20(24)16-6-9-21(3)19(23)13-16/h4-5,12,16-17H,6-11,13H2,1-3H3/t16-/m1/s1. The summed E-state index contributed by atoms with van der Waals surface area (Å²) in [4.78, 5) is 28.1. The third-order valence-corrected chi connectivity index (χ3v) is 5.54. The highest BCUT2D eigenvalue weighted by molar-refractivity contribution is 5.86. The van der Waals surface area contributed by atoms with Gasteiger partial charge in [-0.15, -0.1) is 0 Å². The van der Waals surface area contributed by atoms with Crippen LogP contribution in [0.4, 0.5) is 0 Å². The number of rotatable bonds is 3. The first kappa shape index (κ1) is 17.8. The molecular formula is C20H28N2O3. The number of amides is 2. The van der Waals surface area contributed by atoms with Gasteiger partial charge in [0, 0.05) is 51.9 Å². The van der Waals surface area contributed by atoms with E-state index < -0.39 is 0 Å². The molecule has 0 spiro atoms. The molecule has 2 fully saturated rings. The van der Waals surface area contributed by atoms with Crippen molar-refractivity contribution in [2.24, 2.45) is 5.92 Å². The van der Waals surface area contributed by atoms with Crippen LogP contribution in [-0.2, 0) is 9.59 Å². The van der Waals surface area contributed by atoms with Crippen LogP contribution in [-0.4, -0.2) is 54.4 Å². The van der Waals surface area contributed by atoms with E-state index in [1.807, 2.05) is 11.0 Å². The van der Waals surface area contributed by atoms with Gasteiger partial charge in [0.2, 0.25) is 11.8 Å². The third-order valence-electron chi connectivity index (χ3n) is 5.54. The van der Waals surface area contributed by atoms with Crippen LogP contribution in [0.2, 0.25) is 0 Å². The molecule has 0 unspecified atom stereocenters. The molecule has 5 nitrogen and oxygen atoms in total. The zero-order valence-electron chi connectivity index (χ0n) is 15.5. The Hall–Kier alpha value is -2.04. The molecule has 2 amide bonds. The normalized spacial score (nSPS) is 22.2. The molecule has 1 aromatic rings. The molecule has 3 rings (SSSR count). The maximum Gasteiger partial charge on any atom is 0.226 e. The lowest BCUT2D eigenvalue weighted by Gasteiger charge is -2.36. The van der Waals surface area contributed by atoms with E-state index in [1.165, 1.54) is 11.1 Å². The van der Waals surface area contributed by atoms with E-state index in [2.05, 4.69) is 26.0 Å². The van der Waals surface area contributed by atoms with E-state index in [-0.39, 0.29) is 23.8 Å². The molecule has 2 saturated heterocycles. The molecule has 2 aliphatic rings. The van der Waals surface area contributed by atoms with Crippen LogP contribution in [0, 0.1) is 19.8 Å². The predicted molar refractivity (Wildman–Crippen MR) is 96.5 cm³/mol. The first-order chi connectivity index (χ1) is 11.9. The number of hydrogen-bond acceptors (Lipinski definition) is 3. The van der Waals surface area contributed by atoms with Gasteiger partial charge in [-0.25, -0.2) is 0 Å². The molecular weight excluding hydrogens is 316 g/mol. The largest absolute Gasteiger partial charge is 0.490 e. The zero-order valence-corrected chi connectivity index (χ0v) is 15.5. The van der Waals surface area contributed by atoms with E-state index in [0.717, 1.165) is 38.1 Å². The van der Waals surface area contributed by atoms with Crippen LogP contribution in [0.3, 0.4) is 0 Å². The highest BCUT2D eigenvalue weighted by Gasteiger charge is 2.33. The Balaban J connectivity index is 1.50. The summed E-state index contributed by atoms with van der Waals surface area (Å²) in [5.41, 5.74) is 2.50. The predicted octanol–water partition coefficient (Wildman–Crippen LogP) is 2.54. The number of carbonyl (C=O) groups excluding carboxylic acids is 2. The number of aryl methyl sites for hydroxylation is 2. The SMILES string of the molecule is Cc1ccc(OC2CCN(C(=O)[C@@H]3CCN(C)C(=O)C3)CC2)cc1C. The maximum atomic E-state index is 12.7. The maximum absolute atomic E-state index is 12.7. The molecule has 1 atom stereocenters. The van der Waals surface area contributed by atoms with Crippen LogP contribution < -0.4 is 4.74 Å². The second-order valence-electron chi connectivity index (χ2n) is 7.39. The van der Waals surface area contributed by atoms with Crippen molar-refractivity contribution in [1.29, 1.82) is 0 Å². The van der Waals surface area contributed by atoms with Gasteiger partial charge in [-0.3, -0.25) is 9.59 Å². The zero-order chi connectivity index (χ0) is 18.0. The summed E-state index contributed by atoms with van der Waals surface area (Å²) in [6.45, 7) is 6.30. The fraction of sp³-hybridized carbons (Fsp3) is 0.600. The van der Waals surface area contributed by atoms with Crippen LogP contribution in [0.1, 0.15) is 36.8 Å². The Bertz CT molecular complexity index is 650. The molecule has 2 aliphatic heterocycles. The van der Waals surface area contributed by atoms with Gasteiger partial charge in [-0.05, 0) is 43.5 Å². The third kappa shape index (κ3) is 4.14. The Kier molecular flexibility index (Phi) is 5.30. The quantitative estimate of drug-likeness (QED) is 0.847. The highest BCUT2D eigenvalue weighted by Crippen LogP contribution is 2.25. The van der Waals surface area contributed by atoms with Crippen molar-refractivity contribution < 1.29 is 14.3 Å². The summed E-state index contributed by atoms with van der Waals surface area (Å²) in [6.07, 6.45) is 2.98. The number of hydrogen-bond donors (Lipinski definition) is 0. The number of piperidine rings is 2. The van der Waals surface area contributed by atoms with Gasteiger partial charge >= 0.3 is 0 Å². The van der Waals surface area contributed by atoms with Crippen molar-refractivity contribution in [3.05, 3.63) is 29.3 Å². The summed E-state index contributed by atoms with van der Waals surface area (Å²) < 4.78 is 6.10. The second-order valence-corrected chi connectivity index (χ2v) is 7.39. The second kappa shape index (κ2) is 7.46. The Morgan fingerprint density at radius 1 is 1.08 bits per heavy atom. The fourth-order valence-corrected chi connectivity index (χ4v) is 3.59. The minimum atomic E-state index is -0.138. The molecule has 136 valence electrons. The number of carbonyl (C=O) groups is 2. The first-order valence-electron chi connectivity index (χ1n) is 9.20. The van der Waals surface area contributed by atoms with Gasteiger partial charge in [0.1, 0.15) is 11.9 Å². The molecule has 2 heterocycles. The topological polar surface area (TPSA) is 49.9 Å². The Morgan fingerprint density at radius 3 is 2.44 bits per heavy atom. The van der Waals surface area contributed by atoms with E-state index in [0.29, 0.717) is 13.0 Å². The Morgan fingerprint density at radius 2 is 1.80 bits per heavy atom. The smallest absolute Gasteiger partial charge is 0.226 e. The van der Waals surface area contributed by atoms with E-state index >= 15 is 0 Å². The molecule has 0 N–H and O–H groups in total. The van der Waals surface area contributed by atoms with Crippen molar-refractivity contribution in [1.82, 2.24) is 9.80 Å². The van der Waals surface area contributed by atoms with Crippen LogP contribution in [0.15, 0.2) is 18.2 Å². The summed E-state index contributed by atoms with van der Waals surface area (Å²) in [7, 11) is 1.80. The fourth-order valence-electron chi connectivity index (χ4n) is 3.59. The van der Waals surface area contributed by atoms with Crippen molar-refractivity contribution in [3.8, 4) is 5.75 Å². The van der Waals surface area contributed by atoms with Crippen molar-refractivity contribution >= 4 is 11.8 Å².